The van der Waals surface area contributed by atoms with E-state index in [1.807, 2.05) is 63.6 Å². The molecule has 27 heavy (non-hydrogen) atoms. The van der Waals surface area contributed by atoms with Crippen LogP contribution in [0.15, 0.2) is 35.3 Å². The Kier molecular flexibility index (Phi) is 6.60. The van der Waals surface area contributed by atoms with Gasteiger partial charge in [0.1, 0.15) is 0 Å². The maximum absolute atomic E-state index is 11.5. The highest BCUT2D eigenvalue weighted by molar-refractivity contribution is 5.83. The van der Waals surface area contributed by atoms with Crippen molar-refractivity contribution in [2.45, 2.75) is 41.2 Å². The van der Waals surface area contributed by atoms with Crippen LogP contribution in [0, 0.1) is 19.3 Å². The van der Waals surface area contributed by atoms with Crippen molar-refractivity contribution in [3.8, 4) is 5.69 Å². The quantitative estimate of drug-likeness (QED) is 0.513. The molecule has 1 heterocycles. The largest absolute Gasteiger partial charge is 0.369 e. The number of amides is 1. The lowest BCUT2D eigenvalue weighted by Gasteiger charge is -2.22. The number of carbonyl (C=O) groups is 1. The summed E-state index contributed by atoms with van der Waals surface area (Å²) >= 11 is 0. The lowest BCUT2D eigenvalue weighted by Crippen LogP contribution is -2.46. The molecule has 1 amide bonds. The number of guanidine groups is 1. The van der Waals surface area contributed by atoms with Gasteiger partial charge in [-0.05, 0) is 52.3 Å². The molecule has 7 nitrogen and oxygen atoms in total. The third kappa shape index (κ3) is 5.32. The van der Waals surface area contributed by atoms with Gasteiger partial charge in [0.2, 0.25) is 5.91 Å². The minimum Gasteiger partial charge on any atom is -0.369 e. The van der Waals surface area contributed by atoms with Crippen molar-refractivity contribution in [3.05, 3.63) is 47.3 Å². The molecule has 1 aromatic carbocycles. The monoisotopic (exact) mass is 370 g/mol. The van der Waals surface area contributed by atoms with Gasteiger partial charge in [0.25, 0.3) is 0 Å². The molecule has 2 rings (SSSR count). The van der Waals surface area contributed by atoms with E-state index < -0.39 is 5.41 Å². The summed E-state index contributed by atoms with van der Waals surface area (Å²) in [5, 5.41) is 11.0. The normalized spacial score (nSPS) is 12.1. The van der Waals surface area contributed by atoms with Crippen LogP contribution in [0.3, 0.4) is 0 Å². The predicted molar refractivity (Wildman–Crippen MR) is 109 cm³/mol. The Morgan fingerprint density at radius 1 is 1.26 bits per heavy atom. The van der Waals surface area contributed by atoms with Crippen molar-refractivity contribution in [2.24, 2.45) is 16.1 Å². The number of primary amides is 1. The number of hydrogen-bond acceptors (Lipinski definition) is 3. The van der Waals surface area contributed by atoms with E-state index in [4.69, 9.17) is 5.73 Å². The van der Waals surface area contributed by atoms with Crippen molar-refractivity contribution in [1.82, 2.24) is 20.4 Å². The lowest BCUT2D eigenvalue weighted by molar-refractivity contribution is -0.125. The van der Waals surface area contributed by atoms with Crippen molar-refractivity contribution in [2.75, 3.05) is 13.1 Å². The molecule has 0 saturated carbocycles. The van der Waals surface area contributed by atoms with E-state index in [2.05, 4.69) is 26.8 Å². The molecule has 0 saturated heterocycles. The van der Waals surface area contributed by atoms with Crippen LogP contribution in [-0.4, -0.2) is 34.7 Å². The molecule has 0 unspecified atom stereocenters. The fourth-order valence-electron chi connectivity index (χ4n) is 2.62. The molecule has 0 bridgehead atoms. The summed E-state index contributed by atoms with van der Waals surface area (Å²) in [5.74, 6) is 0.302. The van der Waals surface area contributed by atoms with Gasteiger partial charge in [-0.2, -0.15) is 5.10 Å². The SMILES string of the molecule is CCNC(=NCc1ccccc1-n1nc(C)cc1C)NCC(C)(C)C(N)=O. The fraction of sp³-hybridized carbons (Fsp3) is 0.450. The second-order valence-electron chi connectivity index (χ2n) is 7.26. The van der Waals surface area contributed by atoms with Crippen molar-refractivity contribution >= 4 is 11.9 Å². The van der Waals surface area contributed by atoms with Gasteiger partial charge in [-0.15, -0.1) is 0 Å². The predicted octanol–water partition coefficient (Wildman–Crippen LogP) is 2.06. The smallest absolute Gasteiger partial charge is 0.224 e. The van der Waals surface area contributed by atoms with Crippen molar-refractivity contribution in [3.63, 3.8) is 0 Å². The highest BCUT2D eigenvalue weighted by Gasteiger charge is 2.25. The van der Waals surface area contributed by atoms with Crippen LogP contribution in [0.5, 0.6) is 0 Å². The minimum absolute atomic E-state index is 0.347. The molecule has 0 spiro atoms. The van der Waals surface area contributed by atoms with Crippen LogP contribution in [0.4, 0.5) is 0 Å². The molecule has 0 aliphatic rings. The van der Waals surface area contributed by atoms with Gasteiger partial charge in [-0.25, -0.2) is 9.67 Å². The summed E-state index contributed by atoms with van der Waals surface area (Å²) in [6.07, 6.45) is 0. The number of nitrogens with zero attached hydrogens (tertiary/aromatic N) is 3. The number of rotatable bonds is 7. The zero-order valence-corrected chi connectivity index (χ0v) is 16.8. The van der Waals surface area contributed by atoms with Gasteiger partial charge in [-0.1, -0.05) is 18.2 Å². The zero-order valence-electron chi connectivity index (χ0n) is 16.8. The highest BCUT2D eigenvalue weighted by Crippen LogP contribution is 2.18. The molecule has 2 aromatic rings. The second kappa shape index (κ2) is 8.70. The van der Waals surface area contributed by atoms with E-state index in [-0.39, 0.29) is 5.91 Å². The first-order valence-electron chi connectivity index (χ1n) is 9.18. The van der Waals surface area contributed by atoms with Gasteiger partial charge in [0, 0.05) is 18.8 Å². The number of aromatic nitrogens is 2. The summed E-state index contributed by atoms with van der Waals surface area (Å²) in [4.78, 5) is 16.2. The molecular formula is C20H30N6O. The van der Waals surface area contributed by atoms with E-state index in [1.165, 1.54) is 0 Å². The van der Waals surface area contributed by atoms with Gasteiger partial charge >= 0.3 is 0 Å². The van der Waals surface area contributed by atoms with Crippen LogP contribution < -0.4 is 16.4 Å². The van der Waals surface area contributed by atoms with Crippen LogP contribution in [0.25, 0.3) is 5.69 Å². The number of nitrogens with one attached hydrogen (secondary N) is 2. The maximum atomic E-state index is 11.5. The number of aliphatic imine (C=N–C) groups is 1. The summed E-state index contributed by atoms with van der Waals surface area (Å²) in [5.41, 5.74) is 8.93. The molecule has 146 valence electrons. The fourth-order valence-corrected chi connectivity index (χ4v) is 2.62. The van der Waals surface area contributed by atoms with Crippen molar-refractivity contribution < 1.29 is 4.79 Å². The first kappa shape index (κ1) is 20.5. The third-order valence-electron chi connectivity index (χ3n) is 4.35. The first-order valence-corrected chi connectivity index (χ1v) is 9.18. The standard InChI is InChI=1S/C20H30N6O/c1-6-22-19(24-13-20(4,5)18(21)27)23-12-16-9-7-8-10-17(16)26-15(3)11-14(2)25-26/h7-11H,6,12-13H2,1-5H3,(H2,21,27)(H2,22,23,24). The molecule has 1 aromatic heterocycles. The lowest BCUT2D eigenvalue weighted by atomic mass is 9.93. The number of para-hydroxylation sites is 1. The van der Waals surface area contributed by atoms with Crippen LogP contribution in [0.2, 0.25) is 0 Å². The van der Waals surface area contributed by atoms with Crippen LogP contribution >= 0.6 is 0 Å². The van der Waals surface area contributed by atoms with Gasteiger partial charge in [0.05, 0.1) is 23.3 Å². The first-order chi connectivity index (χ1) is 12.7. The van der Waals surface area contributed by atoms with Crippen LogP contribution in [0.1, 0.15) is 37.7 Å². The minimum atomic E-state index is -0.655. The van der Waals surface area contributed by atoms with Crippen molar-refractivity contribution in [1.29, 1.82) is 0 Å². The summed E-state index contributed by atoms with van der Waals surface area (Å²) in [6, 6.07) is 10.1. The van der Waals surface area contributed by atoms with Gasteiger partial charge in [0.15, 0.2) is 5.96 Å². The molecule has 0 aliphatic heterocycles. The van der Waals surface area contributed by atoms with E-state index >= 15 is 0 Å². The summed E-state index contributed by atoms with van der Waals surface area (Å²) in [6.45, 7) is 11.3. The number of carbonyl (C=O) groups excluding carboxylic acids is 1. The average molecular weight is 371 g/mol. The van der Waals surface area contributed by atoms with Crippen LogP contribution in [-0.2, 0) is 11.3 Å². The summed E-state index contributed by atoms with van der Waals surface area (Å²) in [7, 11) is 0. The number of nitrogens with two attached hydrogens (primary N) is 1. The number of benzene rings is 1. The van der Waals surface area contributed by atoms with E-state index in [9.17, 15) is 4.79 Å². The second-order valence-corrected chi connectivity index (χ2v) is 7.26. The zero-order chi connectivity index (χ0) is 20.0. The highest BCUT2D eigenvalue weighted by atomic mass is 16.1. The molecule has 0 fully saturated rings. The topological polar surface area (TPSA) is 97.3 Å². The molecule has 4 N–H and O–H groups in total. The van der Waals surface area contributed by atoms with Gasteiger partial charge in [-0.3, -0.25) is 4.79 Å². The average Bonchev–Trinajstić information content (AvgIpc) is 2.95. The Labute approximate surface area is 161 Å². The Morgan fingerprint density at radius 3 is 2.56 bits per heavy atom. The molecular weight excluding hydrogens is 340 g/mol. The Morgan fingerprint density at radius 2 is 1.96 bits per heavy atom. The molecule has 0 aliphatic carbocycles. The van der Waals surface area contributed by atoms with E-state index in [1.54, 1.807) is 0 Å². The maximum Gasteiger partial charge on any atom is 0.224 e. The van der Waals surface area contributed by atoms with E-state index in [0.717, 1.165) is 29.2 Å². The Balaban J connectivity index is 2.21. The Hall–Kier alpha value is -2.83. The number of aryl methyl sites for hydroxylation is 2. The molecule has 0 radical (unpaired) electrons. The summed E-state index contributed by atoms with van der Waals surface area (Å²) < 4.78 is 1.94. The number of hydrogen-bond donors (Lipinski definition) is 3. The Bertz CT molecular complexity index is 822. The van der Waals surface area contributed by atoms with E-state index in [0.29, 0.717) is 19.0 Å². The molecule has 7 heteroatoms. The molecule has 0 atom stereocenters. The third-order valence-corrected chi connectivity index (χ3v) is 4.35. The van der Waals surface area contributed by atoms with Gasteiger partial charge < -0.3 is 16.4 Å².